The Labute approximate surface area is 191 Å². The van der Waals surface area contributed by atoms with Crippen molar-refractivity contribution in [3.05, 3.63) is 86.1 Å². The number of hydrogen-bond acceptors (Lipinski definition) is 6. The molecule has 0 atom stereocenters. The van der Waals surface area contributed by atoms with Crippen LogP contribution in [0.15, 0.2) is 59.4 Å². The van der Waals surface area contributed by atoms with E-state index in [1.54, 1.807) is 36.4 Å². The number of pyridine rings is 1. The molecule has 0 saturated carbocycles. The van der Waals surface area contributed by atoms with E-state index < -0.39 is 5.92 Å². The van der Waals surface area contributed by atoms with E-state index in [4.69, 9.17) is 4.74 Å². The van der Waals surface area contributed by atoms with Crippen molar-refractivity contribution in [3.63, 3.8) is 0 Å². The van der Waals surface area contributed by atoms with Gasteiger partial charge in [-0.05, 0) is 36.4 Å². The summed E-state index contributed by atoms with van der Waals surface area (Å²) in [6, 6.07) is 15.0. The van der Waals surface area contributed by atoms with Crippen molar-refractivity contribution in [1.82, 2.24) is 20.5 Å². The number of nitrogens with zero attached hydrogens (tertiary/aromatic N) is 2. The molecule has 0 fully saturated rings. The lowest BCUT2D eigenvalue weighted by Gasteiger charge is -2.15. The van der Waals surface area contributed by atoms with Gasteiger partial charge in [0.15, 0.2) is 0 Å². The Hall–Kier alpha value is -3.66. The number of amides is 1. The topological polar surface area (TPSA) is 97.0 Å². The van der Waals surface area contributed by atoms with E-state index in [9.17, 15) is 18.4 Å². The first-order chi connectivity index (χ1) is 15.8. The average Bonchev–Trinajstić information content (AvgIpc) is 3.21. The molecule has 0 aliphatic rings. The first kappa shape index (κ1) is 22.5. The number of H-pyrrole nitrogens is 1. The van der Waals surface area contributed by atoms with Crippen molar-refractivity contribution in [2.75, 3.05) is 6.54 Å². The quantitative estimate of drug-likeness (QED) is 0.405. The van der Waals surface area contributed by atoms with Crippen molar-refractivity contribution < 1.29 is 18.3 Å². The molecular weight excluding hydrogens is 450 g/mol. The number of aromatic amines is 1. The average molecular weight is 471 g/mol. The predicted octanol–water partition coefficient (Wildman–Crippen LogP) is 4.04. The molecule has 0 radical (unpaired) electrons. The molecular formula is C23H20F2N4O3S. The van der Waals surface area contributed by atoms with Gasteiger partial charge in [0.25, 0.3) is 11.8 Å². The molecule has 0 aliphatic heterocycles. The SMILES string of the molecule is CC(F)(F)c1cc(COc2ccc(C(=O)NCCc3n[nH]c(=O)s3)cc2)c2ccccc2n1. The smallest absolute Gasteiger partial charge is 0.322 e. The number of benzene rings is 2. The summed E-state index contributed by atoms with van der Waals surface area (Å²) in [4.78, 5) is 27.2. The molecule has 2 N–H and O–H groups in total. The molecule has 4 rings (SSSR count). The van der Waals surface area contributed by atoms with Gasteiger partial charge in [0, 0.05) is 36.4 Å². The van der Waals surface area contributed by atoms with E-state index in [0.717, 1.165) is 23.6 Å². The van der Waals surface area contributed by atoms with Crippen LogP contribution in [0.25, 0.3) is 10.9 Å². The second kappa shape index (κ2) is 9.45. The van der Waals surface area contributed by atoms with Crippen molar-refractivity contribution in [2.24, 2.45) is 0 Å². The summed E-state index contributed by atoms with van der Waals surface area (Å²) in [5.74, 6) is -2.83. The standard InChI is InChI=1S/C23H20F2N4O3S/c1-23(24,25)19-12-15(17-4-2-3-5-18(17)27-19)13-32-16-8-6-14(7-9-16)21(30)26-11-10-20-28-29-22(31)33-20/h2-9,12H,10-11,13H2,1H3,(H,26,30)(H,29,31). The highest BCUT2D eigenvalue weighted by Gasteiger charge is 2.27. The monoisotopic (exact) mass is 470 g/mol. The van der Waals surface area contributed by atoms with Gasteiger partial charge in [-0.2, -0.15) is 13.9 Å². The summed E-state index contributed by atoms with van der Waals surface area (Å²) in [5.41, 5.74) is 1.21. The Bertz CT molecular complexity index is 1330. The summed E-state index contributed by atoms with van der Waals surface area (Å²) < 4.78 is 33.5. The number of para-hydroxylation sites is 1. The van der Waals surface area contributed by atoms with Gasteiger partial charge < -0.3 is 10.1 Å². The van der Waals surface area contributed by atoms with Crippen LogP contribution in [0.2, 0.25) is 0 Å². The summed E-state index contributed by atoms with van der Waals surface area (Å²) in [7, 11) is 0. The Morgan fingerprint density at radius 1 is 1.18 bits per heavy atom. The zero-order valence-corrected chi connectivity index (χ0v) is 18.4. The minimum atomic E-state index is -3.07. The molecule has 2 aromatic heterocycles. The van der Waals surface area contributed by atoms with Crippen molar-refractivity contribution in [3.8, 4) is 5.75 Å². The van der Waals surface area contributed by atoms with Crippen molar-refractivity contribution >= 4 is 28.1 Å². The largest absolute Gasteiger partial charge is 0.489 e. The van der Waals surface area contributed by atoms with E-state index in [0.29, 0.717) is 40.4 Å². The molecule has 2 heterocycles. The summed E-state index contributed by atoms with van der Waals surface area (Å²) in [6.07, 6.45) is 0.453. The normalized spacial score (nSPS) is 11.5. The highest BCUT2D eigenvalue weighted by Crippen LogP contribution is 2.29. The number of carbonyl (C=O) groups is 1. The number of halogens is 2. The summed E-state index contributed by atoms with van der Waals surface area (Å²) in [5, 5.41) is 10.3. The number of alkyl halides is 2. The minimum Gasteiger partial charge on any atom is -0.489 e. The number of aromatic nitrogens is 3. The van der Waals surface area contributed by atoms with Crippen molar-refractivity contribution in [2.45, 2.75) is 25.9 Å². The molecule has 4 aromatic rings. The zero-order valence-electron chi connectivity index (χ0n) is 17.6. The van der Waals surface area contributed by atoms with Crippen LogP contribution in [0, 0.1) is 0 Å². The lowest BCUT2D eigenvalue weighted by atomic mass is 10.1. The highest BCUT2D eigenvalue weighted by molar-refractivity contribution is 7.08. The Kier molecular flexibility index (Phi) is 6.45. The number of ether oxygens (including phenoxy) is 1. The van der Waals surface area contributed by atoms with Crippen LogP contribution < -0.4 is 14.9 Å². The van der Waals surface area contributed by atoms with Crippen LogP contribution in [-0.2, 0) is 19.0 Å². The number of carbonyl (C=O) groups excluding carboxylic acids is 1. The van der Waals surface area contributed by atoms with Gasteiger partial charge >= 0.3 is 4.87 Å². The Morgan fingerprint density at radius 3 is 2.64 bits per heavy atom. The maximum Gasteiger partial charge on any atom is 0.322 e. The van der Waals surface area contributed by atoms with Gasteiger partial charge in [-0.3, -0.25) is 9.59 Å². The van der Waals surface area contributed by atoms with Gasteiger partial charge in [-0.25, -0.2) is 10.1 Å². The molecule has 0 aliphatic carbocycles. The van der Waals surface area contributed by atoms with E-state index in [-0.39, 0.29) is 23.1 Å². The van der Waals surface area contributed by atoms with Crippen LogP contribution in [0.1, 0.15) is 33.5 Å². The van der Waals surface area contributed by atoms with Gasteiger partial charge in [0.1, 0.15) is 23.1 Å². The van der Waals surface area contributed by atoms with Crippen LogP contribution in [0.3, 0.4) is 0 Å². The third-order valence-electron chi connectivity index (χ3n) is 4.87. The number of rotatable bonds is 8. The molecule has 1 amide bonds. The third kappa shape index (κ3) is 5.58. The second-order valence-electron chi connectivity index (χ2n) is 7.40. The first-order valence-electron chi connectivity index (χ1n) is 10.1. The number of hydrogen-bond donors (Lipinski definition) is 2. The predicted molar refractivity (Wildman–Crippen MR) is 121 cm³/mol. The molecule has 0 spiro atoms. The van der Waals surface area contributed by atoms with Gasteiger partial charge in [-0.15, -0.1) is 0 Å². The zero-order chi connectivity index (χ0) is 23.4. The first-order valence-corrected chi connectivity index (χ1v) is 10.9. The van der Waals surface area contributed by atoms with Gasteiger partial charge in [-0.1, -0.05) is 29.5 Å². The van der Waals surface area contributed by atoms with Crippen LogP contribution in [0.5, 0.6) is 5.75 Å². The van der Waals surface area contributed by atoms with Crippen LogP contribution >= 0.6 is 11.3 Å². The fraction of sp³-hybridized carbons (Fsp3) is 0.217. The fourth-order valence-corrected chi connectivity index (χ4v) is 3.81. The minimum absolute atomic E-state index is 0.0736. The lowest BCUT2D eigenvalue weighted by Crippen LogP contribution is -2.25. The van der Waals surface area contributed by atoms with E-state index in [2.05, 4.69) is 20.5 Å². The molecule has 0 saturated heterocycles. The fourth-order valence-electron chi connectivity index (χ4n) is 3.21. The molecule has 0 bridgehead atoms. The maximum atomic E-state index is 13.9. The molecule has 33 heavy (non-hydrogen) atoms. The summed E-state index contributed by atoms with van der Waals surface area (Å²) in [6.45, 7) is 1.23. The molecule has 0 unspecified atom stereocenters. The Morgan fingerprint density at radius 2 is 1.94 bits per heavy atom. The molecule has 10 heteroatoms. The van der Waals surface area contributed by atoms with E-state index in [1.807, 2.05) is 12.1 Å². The molecule has 170 valence electrons. The Balaban J connectivity index is 1.40. The van der Waals surface area contributed by atoms with Crippen LogP contribution in [-0.4, -0.2) is 27.6 Å². The van der Waals surface area contributed by atoms with E-state index >= 15 is 0 Å². The van der Waals surface area contributed by atoms with Crippen molar-refractivity contribution in [1.29, 1.82) is 0 Å². The van der Waals surface area contributed by atoms with Crippen LogP contribution in [0.4, 0.5) is 8.78 Å². The highest BCUT2D eigenvalue weighted by atomic mass is 32.1. The van der Waals surface area contributed by atoms with Gasteiger partial charge in [0.2, 0.25) is 0 Å². The number of fused-ring (bicyclic) bond motifs is 1. The third-order valence-corrected chi connectivity index (χ3v) is 5.68. The maximum absolute atomic E-state index is 13.9. The van der Waals surface area contributed by atoms with Gasteiger partial charge in [0.05, 0.1) is 5.52 Å². The molecule has 2 aromatic carbocycles. The summed E-state index contributed by atoms with van der Waals surface area (Å²) >= 11 is 1.01. The number of nitrogens with one attached hydrogen (secondary N) is 2. The molecule has 7 nitrogen and oxygen atoms in total. The lowest BCUT2D eigenvalue weighted by molar-refractivity contribution is 0.0129. The van der Waals surface area contributed by atoms with E-state index in [1.165, 1.54) is 6.07 Å². The second-order valence-corrected chi connectivity index (χ2v) is 8.44.